The van der Waals surface area contributed by atoms with Gasteiger partial charge in [0.1, 0.15) is 12.4 Å². The van der Waals surface area contributed by atoms with Gasteiger partial charge in [0.25, 0.3) is 0 Å². The zero-order valence-corrected chi connectivity index (χ0v) is 14.4. The number of hydrogen-bond acceptors (Lipinski definition) is 3. The van der Waals surface area contributed by atoms with Crippen LogP contribution in [0.5, 0.6) is 5.75 Å². The Morgan fingerprint density at radius 1 is 1.10 bits per heavy atom. The number of nitrogens with zero attached hydrogens (tertiary/aromatic N) is 1. The van der Waals surface area contributed by atoms with Gasteiger partial charge in [0.15, 0.2) is 0 Å². The van der Waals surface area contributed by atoms with Crippen molar-refractivity contribution in [2.75, 3.05) is 37.7 Å². The van der Waals surface area contributed by atoms with Crippen LogP contribution in [0.2, 0.25) is 0 Å². The van der Waals surface area contributed by atoms with Crippen LogP contribution in [-0.4, -0.2) is 32.8 Å². The third kappa shape index (κ3) is 7.37. The van der Waals surface area contributed by atoms with Crippen molar-refractivity contribution in [2.45, 2.75) is 41.0 Å². The Kier molecular flexibility index (Phi) is 7.58. The molecule has 3 nitrogen and oxygen atoms in total. The summed E-state index contributed by atoms with van der Waals surface area (Å²) in [5.41, 5.74) is 1.63. The van der Waals surface area contributed by atoms with Gasteiger partial charge >= 0.3 is 0 Å². The quantitative estimate of drug-likeness (QED) is 0.698. The van der Waals surface area contributed by atoms with E-state index >= 15 is 0 Å². The summed E-state index contributed by atoms with van der Waals surface area (Å²) in [5.74, 6) is 0.956. The normalized spacial score (nSPS) is 11.5. The average molecular weight is 292 g/mol. The molecule has 1 N–H and O–H groups in total. The summed E-state index contributed by atoms with van der Waals surface area (Å²) in [7, 11) is 0. The molecule has 0 unspecified atom stereocenters. The third-order valence-electron chi connectivity index (χ3n) is 3.55. The lowest BCUT2D eigenvalue weighted by Gasteiger charge is -2.21. The third-order valence-corrected chi connectivity index (χ3v) is 3.55. The van der Waals surface area contributed by atoms with Gasteiger partial charge in [0.2, 0.25) is 0 Å². The van der Waals surface area contributed by atoms with Gasteiger partial charge in [-0.25, -0.2) is 0 Å². The Bertz CT molecular complexity index is 394. The summed E-state index contributed by atoms with van der Waals surface area (Å²) in [6, 6.07) is 8.36. The zero-order valence-electron chi connectivity index (χ0n) is 14.4. The van der Waals surface area contributed by atoms with Crippen LogP contribution in [0.15, 0.2) is 24.3 Å². The number of rotatable bonds is 9. The average Bonchev–Trinajstić information content (AvgIpc) is 2.43. The lowest BCUT2D eigenvalue weighted by Crippen LogP contribution is -2.25. The number of benzene rings is 1. The molecule has 0 radical (unpaired) electrons. The van der Waals surface area contributed by atoms with E-state index in [2.05, 4.69) is 63.0 Å². The fourth-order valence-corrected chi connectivity index (χ4v) is 2.19. The molecule has 0 aromatic heterocycles. The fourth-order valence-electron chi connectivity index (χ4n) is 2.19. The van der Waals surface area contributed by atoms with Gasteiger partial charge in [0, 0.05) is 31.4 Å². The van der Waals surface area contributed by atoms with Crippen LogP contribution in [0.25, 0.3) is 0 Å². The van der Waals surface area contributed by atoms with Crippen LogP contribution >= 0.6 is 0 Å². The van der Waals surface area contributed by atoms with Crippen molar-refractivity contribution in [3.05, 3.63) is 24.3 Å². The number of ether oxygens (including phenoxy) is 1. The molecule has 0 fully saturated rings. The highest BCUT2D eigenvalue weighted by atomic mass is 16.5. The van der Waals surface area contributed by atoms with E-state index in [9.17, 15) is 0 Å². The summed E-state index contributed by atoms with van der Waals surface area (Å²) >= 11 is 0. The first-order valence-corrected chi connectivity index (χ1v) is 8.15. The minimum Gasteiger partial charge on any atom is -0.492 e. The zero-order chi connectivity index (χ0) is 15.7. The largest absolute Gasteiger partial charge is 0.492 e. The van der Waals surface area contributed by atoms with Crippen LogP contribution in [0, 0.1) is 5.41 Å². The van der Waals surface area contributed by atoms with E-state index in [4.69, 9.17) is 4.74 Å². The first-order valence-electron chi connectivity index (χ1n) is 8.15. The van der Waals surface area contributed by atoms with Crippen LogP contribution in [-0.2, 0) is 0 Å². The smallest absolute Gasteiger partial charge is 0.121 e. The van der Waals surface area contributed by atoms with Gasteiger partial charge in [-0.3, -0.25) is 0 Å². The van der Waals surface area contributed by atoms with Crippen LogP contribution in [0.4, 0.5) is 5.69 Å². The maximum absolute atomic E-state index is 5.83. The summed E-state index contributed by atoms with van der Waals surface area (Å²) in [5, 5.41) is 3.44. The molecule has 0 saturated heterocycles. The number of hydrogen-bond donors (Lipinski definition) is 1. The fraction of sp³-hybridized carbons (Fsp3) is 0.667. The van der Waals surface area contributed by atoms with Crippen LogP contribution < -0.4 is 15.0 Å². The van der Waals surface area contributed by atoms with Gasteiger partial charge in [0.05, 0.1) is 0 Å². The molecule has 0 aliphatic rings. The Hall–Kier alpha value is -1.22. The SMILES string of the molecule is CCN(CC)c1cccc(OCCNCCC(C)(C)C)c1. The molecule has 1 rings (SSSR count). The Balaban J connectivity index is 2.31. The van der Waals surface area contributed by atoms with Gasteiger partial charge in [-0.1, -0.05) is 26.8 Å². The monoisotopic (exact) mass is 292 g/mol. The minimum absolute atomic E-state index is 0.395. The predicted octanol–water partition coefficient (Wildman–Crippen LogP) is 3.94. The van der Waals surface area contributed by atoms with Crippen molar-refractivity contribution in [2.24, 2.45) is 5.41 Å². The van der Waals surface area contributed by atoms with Crippen LogP contribution in [0.1, 0.15) is 41.0 Å². The molecule has 0 aliphatic heterocycles. The van der Waals surface area contributed by atoms with Crippen molar-refractivity contribution in [1.29, 1.82) is 0 Å². The van der Waals surface area contributed by atoms with E-state index in [1.807, 2.05) is 6.07 Å². The maximum atomic E-state index is 5.83. The molecule has 1 aromatic rings. The van der Waals surface area contributed by atoms with E-state index in [-0.39, 0.29) is 0 Å². The molecule has 3 heteroatoms. The first-order chi connectivity index (χ1) is 9.96. The molecule has 0 spiro atoms. The minimum atomic E-state index is 0.395. The lowest BCUT2D eigenvalue weighted by atomic mass is 9.92. The molecule has 0 heterocycles. The summed E-state index contributed by atoms with van der Waals surface area (Å²) < 4.78 is 5.83. The van der Waals surface area contributed by atoms with E-state index in [1.165, 1.54) is 12.1 Å². The second-order valence-electron chi connectivity index (χ2n) is 6.58. The molecule has 0 bridgehead atoms. The molecule has 1 aromatic carbocycles. The van der Waals surface area contributed by atoms with E-state index < -0.39 is 0 Å². The first kappa shape index (κ1) is 17.8. The maximum Gasteiger partial charge on any atom is 0.121 e. The van der Waals surface area contributed by atoms with Gasteiger partial charge in [-0.2, -0.15) is 0 Å². The lowest BCUT2D eigenvalue weighted by molar-refractivity contribution is 0.304. The molecule has 0 aliphatic carbocycles. The molecule has 0 saturated carbocycles. The summed E-state index contributed by atoms with van der Waals surface area (Å²) in [6.07, 6.45) is 1.18. The molecule has 120 valence electrons. The number of nitrogens with one attached hydrogen (secondary N) is 1. The second kappa shape index (κ2) is 8.93. The van der Waals surface area contributed by atoms with E-state index in [0.29, 0.717) is 12.0 Å². The molecular formula is C18H32N2O. The summed E-state index contributed by atoms with van der Waals surface area (Å²) in [6.45, 7) is 15.9. The van der Waals surface area contributed by atoms with Crippen molar-refractivity contribution in [3.63, 3.8) is 0 Å². The molecule has 21 heavy (non-hydrogen) atoms. The molecule has 0 amide bonds. The second-order valence-corrected chi connectivity index (χ2v) is 6.58. The van der Waals surface area contributed by atoms with E-state index in [1.54, 1.807) is 0 Å². The Morgan fingerprint density at radius 3 is 2.43 bits per heavy atom. The molecule has 0 atom stereocenters. The van der Waals surface area contributed by atoms with E-state index in [0.717, 1.165) is 31.9 Å². The van der Waals surface area contributed by atoms with Crippen molar-refractivity contribution in [1.82, 2.24) is 5.32 Å². The highest BCUT2D eigenvalue weighted by Crippen LogP contribution is 2.21. The standard InChI is InChI=1S/C18H32N2O/c1-6-20(7-2)16-9-8-10-17(15-16)21-14-13-19-12-11-18(3,4)5/h8-10,15,19H,6-7,11-14H2,1-5H3. The van der Waals surface area contributed by atoms with Gasteiger partial charge in [-0.05, 0) is 44.4 Å². The Morgan fingerprint density at radius 2 is 1.81 bits per heavy atom. The molecular weight excluding hydrogens is 260 g/mol. The van der Waals surface area contributed by atoms with Crippen molar-refractivity contribution < 1.29 is 4.74 Å². The number of anilines is 1. The van der Waals surface area contributed by atoms with Crippen LogP contribution in [0.3, 0.4) is 0 Å². The summed E-state index contributed by atoms with van der Waals surface area (Å²) in [4.78, 5) is 2.33. The Labute approximate surface area is 130 Å². The predicted molar refractivity (Wildman–Crippen MR) is 92.4 cm³/mol. The topological polar surface area (TPSA) is 24.5 Å². The van der Waals surface area contributed by atoms with Gasteiger partial charge in [-0.15, -0.1) is 0 Å². The van der Waals surface area contributed by atoms with Gasteiger partial charge < -0.3 is 15.0 Å². The van der Waals surface area contributed by atoms with Crippen molar-refractivity contribution in [3.8, 4) is 5.75 Å². The van der Waals surface area contributed by atoms with Crippen molar-refractivity contribution >= 4 is 5.69 Å². The highest BCUT2D eigenvalue weighted by molar-refractivity contribution is 5.50. The highest BCUT2D eigenvalue weighted by Gasteiger charge is 2.08.